The average Bonchev–Trinajstić information content (AvgIpc) is 2.54. The predicted molar refractivity (Wildman–Crippen MR) is 94.8 cm³/mol. The summed E-state index contributed by atoms with van der Waals surface area (Å²) in [7, 11) is 0. The molecule has 1 fully saturated rings. The van der Waals surface area contributed by atoms with Gasteiger partial charge in [0.05, 0.1) is 6.61 Å². The van der Waals surface area contributed by atoms with Gasteiger partial charge in [-0.2, -0.15) is 0 Å². The number of hydrogen-bond donors (Lipinski definition) is 2. The Hall–Kier alpha value is -1.59. The summed E-state index contributed by atoms with van der Waals surface area (Å²) in [4.78, 5) is 11.7. The highest BCUT2D eigenvalue weighted by Gasteiger charge is 2.30. The highest BCUT2D eigenvalue weighted by Crippen LogP contribution is 2.19. The van der Waals surface area contributed by atoms with Crippen LogP contribution in [-0.2, 0) is 16.1 Å². The monoisotopic (exact) mass is 334 g/mol. The lowest BCUT2D eigenvalue weighted by atomic mass is 9.87. The molecule has 5 heteroatoms. The molecule has 0 unspecified atom stereocenters. The van der Waals surface area contributed by atoms with Gasteiger partial charge in [0.15, 0.2) is 0 Å². The SMILES string of the molecule is CC(C)CCOCCNC1CC(NC(=O)OCc2ccccc2)C1. The van der Waals surface area contributed by atoms with E-state index in [4.69, 9.17) is 9.47 Å². The van der Waals surface area contributed by atoms with Gasteiger partial charge in [-0.15, -0.1) is 0 Å². The molecule has 134 valence electrons. The summed E-state index contributed by atoms with van der Waals surface area (Å²) in [5.41, 5.74) is 0.998. The zero-order valence-electron chi connectivity index (χ0n) is 14.8. The molecule has 0 aromatic heterocycles. The van der Waals surface area contributed by atoms with E-state index in [1.807, 2.05) is 30.3 Å². The molecule has 0 aliphatic heterocycles. The van der Waals surface area contributed by atoms with Crippen LogP contribution in [0.3, 0.4) is 0 Å². The van der Waals surface area contributed by atoms with Gasteiger partial charge in [-0.05, 0) is 30.7 Å². The number of alkyl carbamates (subject to hydrolysis) is 1. The van der Waals surface area contributed by atoms with Gasteiger partial charge < -0.3 is 20.1 Å². The minimum absolute atomic E-state index is 0.215. The molecule has 1 saturated carbocycles. The standard InChI is InChI=1S/C19H30N2O3/c1-15(2)8-10-23-11-9-20-17-12-18(13-17)21-19(22)24-14-16-6-4-3-5-7-16/h3-7,15,17-18,20H,8-14H2,1-2H3,(H,21,22). The molecule has 0 radical (unpaired) electrons. The van der Waals surface area contributed by atoms with Gasteiger partial charge in [0.1, 0.15) is 6.61 Å². The molecular weight excluding hydrogens is 304 g/mol. The average molecular weight is 334 g/mol. The molecule has 5 nitrogen and oxygen atoms in total. The fraction of sp³-hybridized carbons (Fsp3) is 0.632. The summed E-state index contributed by atoms with van der Waals surface area (Å²) < 4.78 is 10.8. The van der Waals surface area contributed by atoms with E-state index in [0.29, 0.717) is 18.6 Å². The Kier molecular flexibility index (Phi) is 8.05. The Labute approximate surface area is 145 Å². The van der Waals surface area contributed by atoms with Gasteiger partial charge in [-0.25, -0.2) is 4.79 Å². The number of amides is 1. The second-order valence-corrected chi connectivity index (χ2v) is 6.82. The minimum Gasteiger partial charge on any atom is -0.445 e. The molecule has 0 atom stereocenters. The fourth-order valence-electron chi connectivity index (χ4n) is 2.59. The predicted octanol–water partition coefficient (Wildman–Crippen LogP) is 3.10. The van der Waals surface area contributed by atoms with E-state index in [0.717, 1.165) is 44.6 Å². The number of benzene rings is 1. The first kappa shape index (κ1) is 18.7. The normalized spacial score (nSPS) is 19.8. The first-order valence-corrected chi connectivity index (χ1v) is 8.92. The van der Waals surface area contributed by atoms with Crippen molar-refractivity contribution in [3.05, 3.63) is 35.9 Å². The summed E-state index contributed by atoms with van der Waals surface area (Å²) >= 11 is 0. The van der Waals surface area contributed by atoms with Crippen LogP contribution in [0.2, 0.25) is 0 Å². The molecule has 1 aromatic rings. The van der Waals surface area contributed by atoms with E-state index < -0.39 is 0 Å². The highest BCUT2D eigenvalue weighted by molar-refractivity contribution is 5.67. The maximum Gasteiger partial charge on any atom is 0.407 e. The van der Waals surface area contributed by atoms with Gasteiger partial charge in [-0.3, -0.25) is 0 Å². The number of nitrogens with one attached hydrogen (secondary N) is 2. The lowest BCUT2D eigenvalue weighted by Gasteiger charge is -2.36. The molecular formula is C19H30N2O3. The Balaban J connectivity index is 1.45. The third-order valence-electron chi connectivity index (χ3n) is 4.19. The lowest BCUT2D eigenvalue weighted by Crippen LogP contribution is -2.53. The van der Waals surface area contributed by atoms with E-state index in [1.165, 1.54) is 0 Å². The Morgan fingerprint density at radius 1 is 1.17 bits per heavy atom. The topological polar surface area (TPSA) is 59.6 Å². The van der Waals surface area contributed by atoms with E-state index >= 15 is 0 Å². The number of carbonyl (C=O) groups is 1. The molecule has 0 saturated heterocycles. The van der Waals surface area contributed by atoms with Crippen LogP contribution in [0.4, 0.5) is 4.79 Å². The summed E-state index contributed by atoms with van der Waals surface area (Å²) in [6, 6.07) is 10.4. The van der Waals surface area contributed by atoms with Crippen molar-refractivity contribution in [2.45, 2.75) is 51.8 Å². The highest BCUT2D eigenvalue weighted by atomic mass is 16.5. The maximum absolute atomic E-state index is 11.7. The van der Waals surface area contributed by atoms with Crippen molar-refractivity contribution in [1.29, 1.82) is 0 Å². The van der Waals surface area contributed by atoms with Crippen LogP contribution in [0.1, 0.15) is 38.7 Å². The lowest BCUT2D eigenvalue weighted by molar-refractivity contribution is 0.112. The summed E-state index contributed by atoms with van der Waals surface area (Å²) in [6.45, 7) is 7.17. The Morgan fingerprint density at radius 3 is 2.62 bits per heavy atom. The smallest absolute Gasteiger partial charge is 0.407 e. The van der Waals surface area contributed by atoms with E-state index in [2.05, 4.69) is 24.5 Å². The van der Waals surface area contributed by atoms with Gasteiger partial charge in [-0.1, -0.05) is 44.2 Å². The zero-order chi connectivity index (χ0) is 17.2. The van der Waals surface area contributed by atoms with Crippen molar-refractivity contribution >= 4 is 6.09 Å². The number of ether oxygens (including phenoxy) is 2. The summed E-state index contributed by atoms with van der Waals surface area (Å²) in [5.74, 6) is 0.693. The van der Waals surface area contributed by atoms with Gasteiger partial charge in [0.2, 0.25) is 0 Å². The molecule has 0 heterocycles. The van der Waals surface area contributed by atoms with E-state index in [1.54, 1.807) is 0 Å². The molecule has 1 aliphatic rings. The van der Waals surface area contributed by atoms with Crippen LogP contribution >= 0.6 is 0 Å². The summed E-state index contributed by atoms with van der Waals surface area (Å²) in [5, 5.41) is 6.36. The van der Waals surface area contributed by atoms with Crippen LogP contribution in [0.25, 0.3) is 0 Å². The third-order valence-corrected chi connectivity index (χ3v) is 4.19. The molecule has 0 spiro atoms. The van der Waals surface area contributed by atoms with Crippen molar-refractivity contribution in [3.8, 4) is 0 Å². The van der Waals surface area contributed by atoms with Gasteiger partial charge in [0.25, 0.3) is 0 Å². The largest absolute Gasteiger partial charge is 0.445 e. The minimum atomic E-state index is -0.334. The van der Waals surface area contributed by atoms with Gasteiger partial charge >= 0.3 is 6.09 Å². The molecule has 2 rings (SSSR count). The van der Waals surface area contributed by atoms with Gasteiger partial charge in [0, 0.05) is 25.2 Å². The summed E-state index contributed by atoms with van der Waals surface area (Å²) in [6.07, 6.45) is 2.68. The second-order valence-electron chi connectivity index (χ2n) is 6.82. The molecule has 0 bridgehead atoms. The quantitative estimate of drug-likeness (QED) is 0.646. The molecule has 1 aliphatic carbocycles. The van der Waals surface area contributed by atoms with E-state index in [-0.39, 0.29) is 12.1 Å². The molecule has 1 amide bonds. The van der Waals surface area contributed by atoms with Crippen LogP contribution in [-0.4, -0.2) is 37.9 Å². The van der Waals surface area contributed by atoms with Crippen molar-refractivity contribution in [3.63, 3.8) is 0 Å². The second kappa shape index (κ2) is 10.3. The van der Waals surface area contributed by atoms with Crippen LogP contribution in [0.15, 0.2) is 30.3 Å². The number of rotatable bonds is 10. The first-order valence-electron chi connectivity index (χ1n) is 8.92. The van der Waals surface area contributed by atoms with Crippen molar-refractivity contribution in [2.75, 3.05) is 19.8 Å². The Morgan fingerprint density at radius 2 is 1.92 bits per heavy atom. The Bertz CT molecular complexity index is 473. The molecule has 1 aromatic carbocycles. The third kappa shape index (κ3) is 7.32. The zero-order valence-corrected chi connectivity index (χ0v) is 14.8. The van der Waals surface area contributed by atoms with E-state index in [9.17, 15) is 4.79 Å². The van der Waals surface area contributed by atoms with Crippen molar-refractivity contribution in [2.24, 2.45) is 5.92 Å². The van der Waals surface area contributed by atoms with Crippen molar-refractivity contribution < 1.29 is 14.3 Å². The van der Waals surface area contributed by atoms with Crippen LogP contribution in [0, 0.1) is 5.92 Å². The molecule has 2 N–H and O–H groups in total. The fourth-order valence-corrected chi connectivity index (χ4v) is 2.59. The van der Waals surface area contributed by atoms with Crippen molar-refractivity contribution in [1.82, 2.24) is 10.6 Å². The number of hydrogen-bond acceptors (Lipinski definition) is 4. The maximum atomic E-state index is 11.7. The van der Waals surface area contributed by atoms with Crippen LogP contribution < -0.4 is 10.6 Å². The molecule has 24 heavy (non-hydrogen) atoms. The number of carbonyl (C=O) groups excluding carboxylic acids is 1. The first-order chi connectivity index (χ1) is 11.6. The van der Waals surface area contributed by atoms with Crippen LogP contribution in [0.5, 0.6) is 0 Å².